The van der Waals surface area contributed by atoms with Gasteiger partial charge in [0.15, 0.2) is 0 Å². The second-order valence-corrected chi connectivity index (χ2v) is 7.78. The lowest BCUT2D eigenvalue weighted by atomic mass is 9.99. The first kappa shape index (κ1) is 21.0. The van der Waals surface area contributed by atoms with Crippen LogP contribution in [-0.4, -0.2) is 61.3 Å². The molecule has 2 aliphatic heterocycles. The zero-order valence-corrected chi connectivity index (χ0v) is 17.6. The fraction of sp³-hybridized carbons (Fsp3) is 0.391. The maximum absolute atomic E-state index is 14.3. The third-order valence-electron chi connectivity index (χ3n) is 5.89. The summed E-state index contributed by atoms with van der Waals surface area (Å²) in [6.45, 7) is 0.917. The molecule has 164 valence electrons. The summed E-state index contributed by atoms with van der Waals surface area (Å²) < 4.78 is 24.8. The van der Waals surface area contributed by atoms with E-state index in [0.29, 0.717) is 30.3 Å². The Kier molecular flexibility index (Phi) is 5.97. The fourth-order valence-corrected chi connectivity index (χ4v) is 4.23. The zero-order chi connectivity index (χ0) is 22.0. The molecule has 1 N–H and O–H groups in total. The standard InChI is InChI=1S/C23H26FN3O4/c1-30-18-7-8-19(21(12-18)31-2)25-23(29)27-14-17(24)11-20(27)22(28)26-10-9-15-5-3-4-6-16(15)13-26/h3-8,12,17,20H,9-11,13-14H2,1-2H3,(H,25,29)/t17-,20-/m0/s1. The Labute approximate surface area is 180 Å². The number of halogens is 1. The lowest BCUT2D eigenvalue weighted by Crippen LogP contribution is -2.50. The Hall–Kier alpha value is -3.29. The molecule has 2 heterocycles. The van der Waals surface area contributed by atoms with E-state index in [1.807, 2.05) is 18.2 Å². The molecule has 2 aromatic carbocycles. The number of likely N-dealkylation sites (tertiary alicyclic amines) is 1. The summed E-state index contributed by atoms with van der Waals surface area (Å²) in [5.74, 6) is 0.781. The van der Waals surface area contributed by atoms with Crippen molar-refractivity contribution in [2.75, 3.05) is 32.6 Å². The van der Waals surface area contributed by atoms with Gasteiger partial charge in [0.1, 0.15) is 23.7 Å². The largest absolute Gasteiger partial charge is 0.497 e. The van der Waals surface area contributed by atoms with Gasteiger partial charge in [-0.05, 0) is 29.7 Å². The van der Waals surface area contributed by atoms with E-state index in [-0.39, 0.29) is 18.9 Å². The maximum atomic E-state index is 14.3. The maximum Gasteiger partial charge on any atom is 0.322 e. The van der Waals surface area contributed by atoms with Gasteiger partial charge in [-0.3, -0.25) is 4.79 Å². The number of fused-ring (bicyclic) bond motifs is 1. The van der Waals surface area contributed by atoms with Crippen LogP contribution in [-0.2, 0) is 17.8 Å². The summed E-state index contributed by atoms with van der Waals surface area (Å²) in [7, 11) is 3.02. The van der Waals surface area contributed by atoms with Crippen molar-refractivity contribution in [2.45, 2.75) is 31.6 Å². The molecule has 0 radical (unpaired) electrons. The number of anilines is 1. The van der Waals surface area contributed by atoms with Crippen LogP contribution in [0.25, 0.3) is 0 Å². The van der Waals surface area contributed by atoms with Crippen molar-refractivity contribution >= 4 is 17.6 Å². The van der Waals surface area contributed by atoms with Gasteiger partial charge in [0.2, 0.25) is 5.91 Å². The van der Waals surface area contributed by atoms with Crippen LogP contribution >= 0.6 is 0 Å². The Bertz CT molecular complexity index is 983. The number of alkyl halides is 1. The molecule has 0 unspecified atom stereocenters. The van der Waals surface area contributed by atoms with Gasteiger partial charge in [-0.2, -0.15) is 0 Å². The van der Waals surface area contributed by atoms with Crippen LogP contribution in [0, 0.1) is 0 Å². The molecule has 8 heteroatoms. The van der Waals surface area contributed by atoms with E-state index < -0.39 is 18.2 Å². The van der Waals surface area contributed by atoms with Crippen molar-refractivity contribution in [3.63, 3.8) is 0 Å². The number of ether oxygens (including phenoxy) is 2. The van der Waals surface area contributed by atoms with Gasteiger partial charge in [-0.25, -0.2) is 9.18 Å². The molecular weight excluding hydrogens is 401 g/mol. The normalized spacial score (nSPS) is 20.2. The highest BCUT2D eigenvalue weighted by molar-refractivity contribution is 5.95. The predicted molar refractivity (Wildman–Crippen MR) is 114 cm³/mol. The van der Waals surface area contributed by atoms with Crippen LogP contribution in [0.4, 0.5) is 14.9 Å². The van der Waals surface area contributed by atoms with Gasteiger partial charge in [0.25, 0.3) is 0 Å². The van der Waals surface area contributed by atoms with Crippen LogP contribution in [0.1, 0.15) is 17.5 Å². The highest BCUT2D eigenvalue weighted by atomic mass is 19.1. The van der Waals surface area contributed by atoms with E-state index in [4.69, 9.17) is 9.47 Å². The molecule has 3 amide bonds. The minimum Gasteiger partial charge on any atom is -0.497 e. The molecular formula is C23H26FN3O4. The number of hydrogen-bond acceptors (Lipinski definition) is 4. The quantitative estimate of drug-likeness (QED) is 0.813. The van der Waals surface area contributed by atoms with Gasteiger partial charge in [0.05, 0.1) is 26.5 Å². The van der Waals surface area contributed by atoms with Gasteiger partial charge < -0.3 is 24.6 Å². The van der Waals surface area contributed by atoms with Crippen LogP contribution < -0.4 is 14.8 Å². The van der Waals surface area contributed by atoms with Crippen molar-refractivity contribution in [1.29, 1.82) is 0 Å². The number of amides is 3. The highest BCUT2D eigenvalue weighted by Crippen LogP contribution is 2.31. The first-order valence-electron chi connectivity index (χ1n) is 10.3. The van der Waals surface area contributed by atoms with E-state index in [2.05, 4.69) is 11.4 Å². The number of nitrogens with zero attached hydrogens (tertiary/aromatic N) is 2. The van der Waals surface area contributed by atoms with Crippen molar-refractivity contribution in [2.24, 2.45) is 0 Å². The summed E-state index contributed by atoms with van der Waals surface area (Å²) in [5.41, 5.74) is 2.74. The smallest absolute Gasteiger partial charge is 0.322 e. The zero-order valence-electron chi connectivity index (χ0n) is 17.6. The monoisotopic (exact) mass is 427 g/mol. The summed E-state index contributed by atoms with van der Waals surface area (Å²) in [6.07, 6.45) is -0.484. The highest BCUT2D eigenvalue weighted by Gasteiger charge is 2.42. The third kappa shape index (κ3) is 4.28. The number of benzene rings is 2. The Morgan fingerprint density at radius 2 is 1.87 bits per heavy atom. The SMILES string of the molecule is COc1ccc(NC(=O)N2C[C@@H](F)C[C@H]2C(=O)N2CCc3ccccc3C2)c(OC)c1. The molecule has 1 saturated heterocycles. The van der Waals surface area contributed by atoms with Crippen molar-refractivity contribution in [3.05, 3.63) is 53.6 Å². The number of hydrogen-bond donors (Lipinski definition) is 1. The van der Waals surface area contributed by atoms with Crippen LogP contribution in [0.15, 0.2) is 42.5 Å². The molecule has 0 bridgehead atoms. The molecule has 0 aromatic heterocycles. The molecule has 2 atom stereocenters. The second-order valence-electron chi connectivity index (χ2n) is 7.78. The van der Waals surface area contributed by atoms with Crippen molar-refractivity contribution < 1.29 is 23.5 Å². The lowest BCUT2D eigenvalue weighted by molar-refractivity contribution is -0.136. The average molecular weight is 427 g/mol. The Morgan fingerprint density at radius 3 is 2.61 bits per heavy atom. The lowest BCUT2D eigenvalue weighted by Gasteiger charge is -2.33. The molecule has 0 saturated carbocycles. The molecule has 0 aliphatic carbocycles. The average Bonchev–Trinajstić information content (AvgIpc) is 3.20. The molecule has 1 fully saturated rings. The predicted octanol–water partition coefficient (Wildman–Crippen LogP) is 3.23. The van der Waals surface area contributed by atoms with Gasteiger partial charge in [-0.1, -0.05) is 24.3 Å². The number of urea groups is 1. The molecule has 2 aromatic rings. The minimum atomic E-state index is -1.24. The van der Waals surface area contributed by atoms with E-state index in [9.17, 15) is 14.0 Å². The number of carbonyl (C=O) groups excluding carboxylic acids is 2. The molecule has 2 aliphatic rings. The number of methoxy groups -OCH3 is 2. The minimum absolute atomic E-state index is 0.00411. The summed E-state index contributed by atoms with van der Waals surface area (Å²) >= 11 is 0. The van der Waals surface area contributed by atoms with E-state index in [1.165, 1.54) is 24.7 Å². The van der Waals surface area contributed by atoms with E-state index in [1.54, 1.807) is 23.1 Å². The number of carbonyl (C=O) groups is 2. The van der Waals surface area contributed by atoms with E-state index in [0.717, 1.165) is 12.0 Å². The Morgan fingerprint density at radius 1 is 1.10 bits per heavy atom. The summed E-state index contributed by atoms with van der Waals surface area (Å²) in [5, 5.41) is 2.75. The molecule has 0 spiro atoms. The first-order chi connectivity index (χ1) is 15.0. The van der Waals surface area contributed by atoms with Gasteiger partial charge in [0, 0.05) is 25.6 Å². The first-order valence-corrected chi connectivity index (χ1v) is 10.3. The topological polar surface area (TPSA) is 71.1 Å². The summed E-state index contributed by atoms with van der Waals surface area (Å²) in [6, 6.07) is 11.6. The third-order valence-corrected chi connectivity index (χ3v) is 5.89. The Balaban J connectivity index is 1.49. The van der Waals surface area contributed by atoms with Crippen molar-refractivity contribution in [1.82, 2.24) is 9.80 Å². The van der Waals surface area contributed by atoms with Gasteiger partial charge >= 0.3 is 6.03 Å². The molecule has 7 nitrogen and oxygen atoms in total. The summed E-state index contributed by atoms with van der Waals surface area (Å²) in [4.78, 5) is 29.2. The van der Waals surface area contributed by atoms with Crippen molar-refractivity contribution in [3.8, 4) is 11.5 Å². The van der Waals surface area contributed by atoms with Crippen LogP contribution in [0.5, 0.6) is 11.5 Å². The fourth-order valence-electron chi connectivity index (χ4n) is 4.23. The van der Waals surface area contributed by atoms with Gasteiger partial charge in [-0.15, -0.1) is 0 Å². The number of nitrogens with one attached hydrogen (secondary N) is 1. The van der Waals surface area contributed by atoms with Crippen LogP contribution in [0.3, 0.4) is 0 Å². The molecule has 4 rings (SSSR count). The molecule has 31 heavy (non-hydrogen) atoms. The number of rotatable bonds is 4. The van der Waals surface area contributed by atoms with E-state index >= 15 is 0 Å². The van der Waals surface area contributed by atoms with Crippen LogP contribution in [0.2, 0.25) is 0 Å². The second kappa shape index (κ2) is 8.83.